The fourth-order valence-electron chi connectivity index (χ4n) is 0.515. The minimum absolute atomic E-state index is 0.0347. The molecule has 3 nitrogen and oxygen atoms in total. The molecule has 0 aromatic rings. The molecule has 0 radical (unpaired) electrons. The van der Waals surface area contributed by atoms with Crippen LogP contribution in [0.4, 0.5) is 0 Å². The van der Waals surface area contributed by atoms with Crippen LogP contribution in [0.25, 0.3) is 0 Å². The number of nitrogens with zero attached hydrogens (tertiary/aromatic N) is 2. The Hall–Kier alpha value is -1.78. The number of rotatable bonds is 3. The summed E-state index contributed by atoms with van der Waals surface area (Å²) in [5, 5.41) is 25.4. The van der Waals surface area contributed by atoms with Crippen LogP contribution in [0.2, 0.25) is 0 Å². The highest BCUT2D eigenvalue weighted by Gasteiger charge is 1.84. The standard InChI is InChI=1S/C10H7BrN2O/c11-10(14)6-4-2-1-3-5-9(7-12)8-13/h1-6,14H/b3-1+,4-2+,10-6-. The van der Waals surface area contributed by atoms with Crippen molar-refractivity contribution >= 4 is 15.9 Å². The van der Waals surface area contributed by atoms with E-state index in [-0.39, 0.29) is 10.2 Å². The Bertz CT molecular complexity index is 358. The minimum Gasteiger partial charge on any atom is -0.502 e. The van der Waals surface area contributed by atoms with Crippen LogP contribution in [0, 0.1) is 22.7 Å². The third-order valence-electron chi connectivity index (χ3n) is 1.07. The lowest BCUT2D eigenvalue weighted by Crippen LogP contribution is -1.67. The van der Waals surface area contributed by atoms with Crippen molar-refractivity contribution < 1.29 is 5.11 Å². The zero-order valence-corrected chi connectivity index (χ0v) is 8.77. The molecular formula is C10H7BrN2O. The van der Waals surface area contributed by atoms with E-state index in [1.165, 1.54) is 12.2 Å². The van der Waals surface area contributed by atoms with Crippen molar-refractivity contribution in [1.82, 2.24) is 0 Å². The second-order valence-electron chi connectivity index (χ2n) is 2.06. The van der Waals surface area contributed by atoms with Crippen molar-refractivity contribution in [3.63, 3.8) is 0 Å². The van der Waals surface area contributed by atoms with Gasteiger partial charge in [-0.15, -0.1) is 0 Å². The highest BCUT2D eigenvalue weighted by atomic mass is 79.9. The Kier molecular flexibility index (Phi) is 6.85. The van der Waals surface area contributed by atoms with Crippen molar-refractivity contribution in [2.45, 2.75) is 0 Å². The van der Waals surface area contributed by atoms with Gasteiger partial charge in [0.25, 0.3) is 0 Å². The molecule has 14 heavy (non-hydrogen) atoms. The molecule has 0 heterocycles. The van der Waals surface area contributed by atoms with Gasteiger partial charge in [0, 0.05) is 0 Å². The molecule has 70 valence electrons. The minimum atomic E-state index is 0.0347. The summed E-state index contributed by atoms with van der Waals surface area (Å²) in [6, 6.07) is 3.45. The Labute approximate surface area is 90.7 Å². The molecule has 0 rings (SSSR count). The van der Waals surface area contributed by atoms with Gasteiger partial charge in [-0.25, -0.2) is 0 Å². The van der Waals surface area contributed by atoms with Crippen LogP contribution < -0.4 is 0 Å². The summed E-state index contributed by atoms with van der Waals surface area (Å²) >= 11 is 2.83. The predicted molar refractivity (Wildman–Crippen MR) is 57.2 cm³/mol. The van der Waals surface area contributed by atoms with Crippen LogP contribution in [-0.4, -0.2) is 5.11 Å². The zero-order valence-electron chi connectivity index (χ0n) is 7.18. The topological polar surface area (TPSA) is 67.8 Å². The van der Waals surface area contributed by atoms with Gasteiger partial charge in [-0.2, -0.15) is 10.5 Å². The number of nitriles is 2. The van der Waals surface area contributed by atoms with Crippen molar-refractivity contribution in [1.29, 1.82) is 10.5 Å². The van der Waals surface area contributed by atoms with E-state index in [9.17, 15) is 0 Å². The van der Waals surface area contributed by atoms with E-state index in [0.29, 0.717) is 0 Å². The van der Waals surface area contributed by atoms with Crippen molar-refractivity contribution in [3.05, 3.63) is 46.7 Å². The first-order chi connectivity index (χ1) is 6.70. The summed E-state index contributed by atoms with van der Waals surface area (Å²) in [5.41, 5.74) is 0.0496. The van der Waals surface area contributed by atoms with Crippen molar-refractivity contribution in [2.75, 3.05) is 0 Å². The number of hydrogen-bond acceptors (Lipinski definition) is 3. The highest BCUT2D eigenvalue weighted by molar-refractivity contribution is 9.11. The van der Waals surface area contributed by atoms with Crippen LogP contribution in [0.5, 0.6) is 0 Å². The predicted octanol–water partition coefficient (Wildman–Crippen LogP) is 2.87. The second-order valence-corrected chi connectivity index (χ2v) is 2.88. The molecule has 0 aromatic carbocycles. The number of aliphatic hydroxyl groups excluding tert-OH is 1. The maximum atomic E-state index is 8.68. The third-order valence-corrected chi connectivity index (χ3v) is 1.34. The van der Waals surface area contributed by atoms with Crippen LogP contribution >= 0.6 is 15.9 Å². The van der Waals surface area contributed by atoms with Gasteiger partial charge in [0.15, 0.2) is 4.67 Å². The van der Waals surface area contributed by atoms with Crippen LogP contribution in [0.15, 0.2) is 46.7 Å². The van der Waals surface area contributed by atoms with Gasteiger partial charge in [-0.3, -0.25) is 0 Å². The largest absolute Gasteiger partial charge is 0.502 e. The van der Waals surface area contributed by atoms with Gasteiger partial charge in [-0.05, 0) is 28.1 Å². The Balaban J connectivity index is 4.18. The van der Waals surface area contributed by atoms with Gasteiger partial charge in [-0.1, -0.05) is 24.3 Å². The van der Waals surface area contributed by atoms with Crippen molar-refractivity contribution in [2.24, 2.45) is 0 Å². The number of allylic oxidation sites excluding steroid dienone is 7. The Morgan fingerprint density at radius 1 is 1.00 bits per heavy atom. The fourth-order valence-corrected chi connectivity index (χ4v) is 0.667. The normalized spacial score (nSPS) is 11.2. The summed E-state index contributed by atoms with van der Waals surface area (Å²) in [6.07, 6.45) is 9.32. The number of halogens is 1. The molecule has 0 saturated heterocycles. The van der Waals surface area contributed by atoms with Gasteiger partial charge in [0.1, 0.15) is 17.7 Å². The smallest absolute Gasteiger partial charge is 0.158 e. The molecule has 0 atom stereocenters. The van der Waals surface area contributed by atoms with E-state index in [4.69, 9.17) is 15.6 Å². The fraction of sp³-hybridized carbons (Fsp3) is 0. The van der Waals surface area contributed by atoms with Gasteiger partial charge < -0.3 is 5.11 Å². The lowest BCUT2D eigenvalue weighted by molar-refractivity contribution is 0.460. The first-order valence-corrected chi connectivity index (χ1v) is 4.40. The summed E-state index contributed by atoms with van der Waals surface area (Å²) in [4.78, 5) is 0. The molecule has 1 N–H and O–H groups in total. The van der Waals surface area contributed by atoms with E-state index >= 15 is 0 Å². The zero-order chi connectivity index (χ0) is 10.8. The van der Waals surface area contributed by atoms with E-state index in [1.807, 2.05) is 0 Å². The van der Waals surface area contributed by atoms with E-state index in [1.54, 1.807) is 36.4 Å². The van der Waals surface area contributed by atoms with Gasteiger partial charge in [0.05, 0.1) is 0 Å². The van der Waals surface area contributed by atoms with Gasteiger partial charge in [0.2, 0.25) is 0 Å². The summed E-state index contributed by atoms with van der Waals surface area (Å²) in [6.45, 7) is 0. The van der Waals surface area contributed by atoms with E-state index < -0.39 is 0 Å². The maximum absolute atomic E-state index is 8.68. The molecule has 0 bridgehead atoms. The van der Waals surface area contributed by atoms with Crippen LogP contribution in [-0.2, 0) is 0 Å². The van der Waals surface area contributed by atoms with Gasteiger partial charge >= 0.3 is 0 Å². The molecule has 0 aliphatic heterocycles. The molecular weight excluding hydrogens is 244 g/mol. The molecule has 0 saturated carbocycles. The monoisotopic (exact) mass is 250 g/mol. The second kappa shape index (κ2) is 7.85. The Morgan fingerprint density at radius 3 is 1.93 bits per heavy atom. The Morgan fingerprint density at radius 2 is 1.50 bits per heavy atom. The van der Waals surface area contributed by atoms with Crippen LogP contribution in [0.1, 0.15) is 0 Å². The molecule has 0 amide bonds. The molecule has 0 aromatic heterocycles. The first kappa shape index (κ1) is 12.2. The quantitative estimate of drug-likeness (QED) is 0.476. The molecule has 0 spiro atoms. The molecule has 0 fully saturated rings. The molecule has 0 aliphatic rings. The first-order valence-electron chi connectivity index (χ1n) is 3.60. The number of aliphatic hydroxyl groups is 1. The average Bonchev–Trinajstić information content (AvgIpc) is 2.16. The molecule has 0 unspecified atom stereocenters. The molecule has 4 heteroatoms. The average molecular weight is 251 g/mol. The molecule has 0 aliphatic carbocycles. The lowest BCUT2D eigenvalue weighted by Gasteiger charge is -1.78. The summed E-state index contributed by atoms with van der Waals surface area (Å²) < 4.78 is 0.0347. The van der Waals surface area contributed by atoms with E-state index in [0.717, 1.165) is 0 Å². The summed E-state index contributed by atoms with van der Waals surface area (Å²) in [5.74, 6) is 0. The number of hydrogen-bond donors (Lipinski definition) is 1. The summed E-state index contributed by atoms with van der Waals surface area (Å²) in [7, 11) is 0. The van der Waals surface area contributed by atoms with Crippen LogP contribution in [0.3, 0.4) is 0 Å². The van der Waals surface area contributed by atoms with E-state index in [2.05, 4.69) is 15.9 Å². The highest BCUT2D eigenvalue weighted by Crippen LogP contribution is 1.97. The maximum Gasteiger partial charge on any atom is 0.158 e. The SMILES string of the molecule is N#CC(C#N)=C/C=C/C=C/C=C(\O)Br. The lowest BCUT2D eigenvalue weighted by atomic mass is 10.3. The third kappa shape index (κ3) is 6.90. The van der Waals surface area contributed by atoms with Crippen molar-refractivity contribution in [3.8, 4) is 12.1 Å².